The third kappa shape index (κ3) is 3.25. The van der Waals surface area contributed by atoms with E-state index in [0.717, 1.165) is 15.1 Å². The summed E-state index contributed by atoms with van der Waals surface area (Å²) in [6.45, 7) is 3.67. The molecule has 0 aliphatic carbocycles. The molecule has 1 aromatic rings. The molecule has 100 valence electrons. The molecule has 2 unspecified atom stereocenters. The molecule has 0 spiro atoms. The first-order valence-electron chi connectivity index (χ1n) is 6.00. The maximum absolute atomic E-state index is 10.3. The van der Waals surface area contributed by atoms with Crippen LogP contribution in [0.2, 0.25) is 5.02 Å². The minimum atomic E-state index is -0.765. The summed E-state index contributed by atoms with van der Waals surface area (Å²) in [5.41, 5.74) is 0.250. The van der Waals surface area contributed by atoms with Gasteiger partial charge in [0, 0.05) is 35.6 Å². The van der Waals surface area contributed by atoms with Gasteiger partial charge in [-0.3, -0.25) is 0 Å². The summed E-state index contributed by atoms with van der Waals surface area (Å²) in [6, 6.07) is 5.75. The molecule has 1 aromatic carbocycles. The molecule has 0 amide bonds. The van der Waals surface area contributed by atoms with E-state index in [9.17, 15) is 5.11 Å². The van der Waals surface area contributed by atoms with Crippen molar-refractivity contribution in [2.75, 3.05) is 13.2 Å². The van der Waals surface area contributed by atoms with Crippen LogP contribution in [0.25, 0.3) is 0 Å². The topological polar surface area (TPSA) is 41.5 Å². The molecule has 2 N–H and O–H groups in total. The number of aliphatic hydroxyl groups is 1. The fraction of sp³-hybridized carbons (Fsp3) is 0.538. The van der Waals surface area contributed by atoms with Gasteiger partial charge in [-0.25, -0.2) is 0 Å². The third-order valence-electron chi connectivity index (χ3n) is 3.41. The Morgan fingerprint density at radius 3 is 3.06 bits per heavy atom. The molecule has 1 aliphatic heterocycles. The second kappa shape index (κ2) is 5.88. The van der Waals surface area contributed by atoms with E-state index >= 15 is 0 Å². The fourth-order valence-electron chi connectivity index (χ4n) is 2.10. The van der Waals surface area contributed by atoms with Crippen molar-refractivity contribution in [3.8, 4) is 0 Å². The lowest BCUT2D eigenvalue weighted by atomic mass is 9.96. The number of rotatable bonds is 4. The Balaban J connectivity index is 1.90. The van der Waals surface area contributed by atoms with Gasteiger partial charge in [0.25, 0.3) is 0 Å². The monoisotopic (exact) mass is 333 g/mol. The van der Waals surface area contributed by atoms with Gasteiger partial charge in [-0.1, -0.05) is 27.5 Å². The average Bonchev–Trinajstić information content (AvgIpc) is 2.64. The molecule has 0 aromatic heterocycles. The lowest BCUT2D eigenvalue weighted by Crippen LogP contribution is -2.45. The van der Waals surface area contributed by atoms with Crippen LogP contribution >= 0.6 is 27.5 Å². The van der Waals surface area contributed by atoms with Crippen LogP contribution in [-0.4, -0.2) is 30.0 Å². The molecule has 1 fully saturated rings. The molecule has 0 bridgehead atoms. The summed E-state index contributed by atoms with van der Waals surface area (Å²) in [4.78, 5) is 0. The van der Waals surface area contributed by atoms with Gasteiger partial charge in [0.05, 0.1) is 6.10 Å². The van der Waals surface area contributed by atoms with Crippen molar-refractivity contribution in [1.82, 2.24) is 5.32 Å². The van der Waals surface area contributed by atoms with Gasteiger partial charge in [-0.15, -0.1) is 0 Å². The molecule has 18 heavy (non-hydrogen) atoms. The molecule has 1 heterocycles. The molecule has 0 saturated carbocycles. The molecule has 0 radical (unpaired) electrons. The summed E-state index contributed by atoms with van der Waals surface area (Å²) in [5, 5.41) is 14.3. The molecule has 3 nitrogen and oxygen atoms in total. The molecular weight excluding hydrogens is 318 g/mol. The zero-order chi connectivity index (χ0) is 13.2. The molecule has 2 rings (SSSR count). The first-order valence-corrected chi connectivity index (χ1v) is 7.17. The Labute approximate surface area is 121 Å². The largest absolute Gasteiger partial charge is 0.386 e. The highest BCUT2D eigenvalue weighted by Crippen LogP contribution is 2.25. The second-order valence-electron chi connectivity index (χ2n) is 4.71. The van der Waals surface area contributed by atoms with E-state index < -0.39 is 5.60 Å². The van der Waals surface area contributed by atoms with E-state index in [1.807, 2.05) is 25.1 Å². The molecule has 1 saturated heterocycles. The van der Waals surface area contributed by atoms with Crippen LogP contribution < -0.4 is 5.32 Å². The highest BCUT2D eigenvalue weighted by molar-refractivity contribution is 9.10. The number of halogens is 2. The minimum Gasteiger partial charge on any atom is -0.386 e. The van der Waals surface area contributed by atoms with E-state index in [2.05, 4.69) is 21.2 Å². The lowest BCUT2D eigenvalue weighted by molar-refractivity contribution is -0.0262. The molecule has 2 atom stereocenters. The van der Waals surface area contributed by atoms with E-state index in [0.29, 0.717) is 26.1 Å². The van der Waals surface area contributed by atoms with Crippen molar-refractivity contribution in [2.24, 2.45) is 0 Å². The quantitative estimate of drug-likeness (QED) is 0.889. The van der Waals surface area contributed by atoms with Gasteiger partial charge < -0.3 is 15.2 Å². The van der Waals surface area contributed by atoms with Gasteiger partial charge in [-0.05, 0) is 30.7 Å². The summed E-state index contributed by atoms with van der Waals surface area (Å²) >= 11 is 9.53. The Bertz CT molecular complexity index is 429. The van der Waals surface area contributed by atoms with E-state index in [1.165, 1.54) is 0 Å². The summed E-state index contributed by atoms with van der Waals surface area (Å²) in [5.74, 6) is 0. The van der Waals surface area contributed by atoms with Crippen LogP contribution in [0.15, 0.2) is 22.7 Å². The maximum atomic E-state index is 10.3. The normalized spacial score (nSPS) is 27.7. The zero-order valence-electron chi connectivity index (χ0n) is 10.2. The van der Waals surface area contributed by atoms with Crippen LogP contribution in [0.3, 0.4) is 0 Å². The smallest absolute Gasteiger partial charge is 0.105 e. The van der Waals surface area contributed by atoms with Crippen molar-refractivity contribution in [2.45, 2.75) is 31.6 Å². The fourth-order valence-corrected chi connectivity index (χ4v) is 2.69. The van der Waals surface area contributed by atoms with Crippen LogP contribution in [0.1, 0.15) is 18.9 Å². The average molecular weight is 335 g/mol. The zero-order valence-corrected chi connectivity index (χ0v) is 12.6. The summed E-state index contributed by atoms with van der Waals surface area (Å²) in [6.07, 6.45) is 0.552. The van der Waals surface area contributed by atoms with E-state index in [-0.39, 0.29) is 6.10 Å². The van der Waals surface area contributed by atoms with Gasteiger partial charge >= 0.3 is 0 Å². The maximum Gasteiger partial charge on any atom is 0.105 e. The van der Waals surface area contributed by atoms with E-state index in [1.54, 1.807) is 0 Å². The standard InChI is InChI=1S/C13H17BrClNO2/c1-9-13(17,4-5-18-9)8-16-7-10-6-11(14)2-3-12(10)15/h2-3,6,9,16-17H,4-5,7-8H2,1H3. The number of ether oxygens (including phenoxy) is 1. The summed E-state index contributed by atoms with van der Waals surface area (Å²) in [7, 11) is 0. The lowest BCUT2D eigenvalue weighted by Gasteiger charge is -2.26. The van der Waals surface area contributed by atoms with Gasteiger partial charge in [0.2, 0.25) is 0 Å². The van der Waals surface area contributed by atoms with Crippen LogP contribution in [0, 0.1) is 0 Å². The van der Waals surface area contributed by atoms with Gasteiger partial charge in [0.1, 0.15) is 5.60 Å². The highest BCUT2D eigenvalue weighted by Gasteiger charge is 2.38. The first-order chi connectivity index (χ1) is 8.51. The predicted octanol–water partition coefficient (Wildman–Crippen LogP) is 2.73. The Morgan fingerprint density at radius 1 is 1.61 bits per heavy atom. The van der Waals surface area contributed by atoms with Crippen LogP contribution in [-0.2, 0) is 11.3 Å². The highest BCUT2D eigenvalue weighted by atomic mass is 79.9. The van der Waals surface area contributed by atoms with Crippen LogP contribution in [0.5, 0.6) is 0 Å². The summed E-state index contributed by atoms with van der Waals surface area (Å²) < 4.78 is 6.39. The Hall–Kier alpha value is -0.130. The third-order valence-corrected chi connectivity index (χ3v) is 4.28. The van der Waals surface area contributed by atoms with Gasteiger partial charge in [0.15, 0.2) is 0 Å². The van der Waals surface area contributed by atoms with Crippen molar-refractivity contribution in [3.63, 3.8) is 0 Å². The number of benzene rings is 1. The van der Waals surface area contributed by atoms with Crippen molar-refractivity contribution in [3.05, 3.63) is 33.3 Å². The predicted molar refractivity (Wildman–Crippen MR) is 75.8 cm³/mol. The van der Waals surface area contributed by atoms with Crippen molar-refractivity contribution >= 4 is 27.5 Å². The minimum absolute atomic E-state index is 0.122. The molecule has 1 aliphatic rings. The van der Waals surface area contributed by atoms with E-state index in [4.69, 9.17) is 16.3 Å². The van der Waals surface area contributed by atoms with Gasteiger partial charge in [-0.2, -0.15) is 0 Å². The number of nitrogens with one attached hydrogen (secondary N) is 1. The van der Waals surface area contributed by atoms with Crippen LogP contribution in [0.4, 0.5) is 0 Å². The SMILES string of the molecule is CC1OCCC1(O)CNCc1cc(Br)ccc1Cl. The number of hydrogen-bond donors (Lipinski definition) is 2. The van der Waals surface area contributed by atoms with Crippen molar-refractivity contribution in [1.29, 1.82) is 0 Å². The molecular formula is C13H17BrClNO2. The van der Waals surface area contributed by atoms with Crippen molar-refractivity contribution < 1.29 is 9.84 Å². The first kappa shape index (κ1) is 14.3. The second-order valence-corrected chi connectivity index (χ2v) is 6.03. The Morgan fingerprint density at radius 2 is 2.39 bits per heavy atom. The number of hydrogen-bond acceptors (Lipinski definition) is 3. The Kier molecular flexibility index (Phi) is 4.67. The molecule has 5 heteroatoms.